The summed E-state index contributed by atoms with van der Waals surface area (Å²) >= 11 is 1.45. The van der Waals surface area contributed by atoms with E-state index in [1.165, 1.54) is 37.0 Å². The van der Waals surface area contributed by atoms with E-state index < -0.39 is 0 Å². The van der Waals surface area contributed by atoms with Crippen LogP contribution in [-0.4, -0.2) is 47.5 Å². The number of urea groups is 1. The van der Waals surface area contributed by atoms with Gasteiger partial charge < -0.3 is 10.2 Å². The van der Waals surface area contributed by atoms with Crippen LogP contribution in [0.25, 0.3) is 0 Å². The smallest absolute Gasteiger partial charge is 0.323 e. The van der Waals surface area contributed by atoms with Crippen LogP contribution in [0.3, 0.4) is 0 Å². The molecule has 0 aromatic carbocycles. The SMILES string of the molecule is O=C1NCCN1c1nc(CC(=O)N2CCCC3CCCCC32)cs1. The van der Waals surface area contributed by atoms with E-state index in [1.54, 1.807) is 4.90 Å². The highest BCUT2D eigenvalue weighted by Crippen LogP contribution is 2.35. The van der Waals surface area contributed by atoms with Crippen LogP contribution in [0, 0.1) is 5.92 Å². The molecule has 4 rings (SSSR count). The zero-order chi connectivity index (χ0) is 16.5. The first-order valence-electron chi connectivity index (χ1n) is 9.01. The predicted molar refractivity (Wildman–Crippen MR) is 93.3 cm³/mol. The number of likely N-dealkylation sites (tertiary alicyclic amines) is 1. The zero-order valence-corrected chi connectivity index (χ0v) is 14.7. The second-order valence-electron chi connectivity index (χ2n) is 7.02. The molecule has 1 N–H and O–H groups in total. The second-order valence-corrected chi connectivity index (χ2v) is 7.86. The fourth-order valence-corrected chi connectivity index (χ4v) is 5.20. The Hall–Kier alpha value is -1.63. The van der Waals surface area contributed by atoms with Crippen LogP contribution in [0.2, 0.25) is 0 Å². The Labute approximate surface area is 146 Å². The van der Waals surface area contributed by atoms with Gasteiger partial charge in [0.2, 0.25) is 5.91 Å². The molecule has 7 heteroatoms. The van der Waals surface area contributed by atoms with Crippen LogP contribution >= 0.6 is 11.3 Å². The molecule has 2 saturated heterocycles. The maximum absolute atomic E-state index is 12.8. The average molecular weight is 348 g/mol. The first kappa shape index (κ1) is 15.9. The molecule has 0 spiro atoms. The monoisotopic (exact) mass is 348 g/mol. The van der Waals surface area contributed by atoms with Crippen molar-refractivity contribution in [2.75, 3.05) is 24.5 Å². The maximum Gasteiger partial charge on any atom is 0.323 e. The summed E-state index contributed by atoms with van der Waals surface area (Å²) in [6.45, 7) is 2.20. The number of nitrogens with zero attached hydrogens (tertiary/aromatic N) is 3. The average Bonchev–Trinajstić information content (AvgIpc) is 3.23. The number of nitrogens with one attached hydrogen (secondary N) is 1. The third kappa shape index (κ3) is 3.01. The molecule has 3 heterocycles. The maximum atomic E-state index is 12.8. The van der Waals surface area contributed by atoms with Gasteiger partial charge in [0.25, 0.3) is 0 Å². The van der Waals surface area contributed by atoms with E-state index in [2.05, 4.69) is 15.2 Å². The molecule has 24 heavy (non-hydrogen) atoms. The van der Waals surface area contributed by atoms with Gasteiger partial charge in [-0.2, -0.15) is 0 Å². The van der Waals surface area contributed by atoms with E-state index >= 15 is 0 Å². The number of hydrogen-bond donors (Lipinski definition) is 1. The highest BCUT2D eigenvalue weighted by atomic mass is 32.1. The molecule has 1 saturated carbocycles. The lowest BCUT2D eigenvalue weighted by Gasteiger charge is -2.44. The fraction of sp³-hybridized carbons (Fsp3) is 0.706. The topological polar surface area (TPSA) is 65.5 Å². The van der Waals surface area contributed by atoms with Crippen molar-refractivity contribution < 1.29 is 9.59 Å². The van der Waals surface area contributed by atoms with E-state index in [-0.39, 0.29) is 11.9 Å². The van der Waals surface area contributed by atoms with E-state index in [4.69, 9.17) is 0 Å². The van der Waals surface area contributed by atoms with Gasteiger partial charge in [-0.15, -0.1) is 11.3 Å². The van der Waals surface area contributed by atoms with Crippen LogP contribution in [0.1, 0.15) is 44.2 Å². The quantitative estimate of drug-likeness (QED) is 0.912. The molecule has 3 fully saturated rings. The third-order valence-corrected chi connectivity index (χ3v) is 6.44. The van der Waals surface area contributed by atoms with Gasteiger partial charge in [-0.05, 0) is 31.6 Å². The zero-order valence-electron chi connectivity index (χ0n) is 13.9. The van der Waals surface area contributed by atoms with E-state index in [0.29, 0.717) is 36.6 Å². The second kappa shape index (κ2) is 6.70. The van der Waals surface area contributed by atoms with Crippen molar-refractivity contribution in [3.8, 4) is 0 Å². The number of aromatic nitrogens is 1. The minimum absolute atomic E-state index is 0.0942. The molecule has 2 atom stereocenters. The fourth-order valence-electron chi connectivity index (χ4n) is 4.35. The number of amides is 3. The molecule has 3 aliphatic rings. The van der Waals surface area contributed by atoms with Gasteiger partial charge in [0.15, 0.2) is 5.13 Å². The first-order chi connectivity index (χ1) is 11.7. The van der Waals surface area contributed by atoms with Gasteiger partial charge >= 0.3 is 6.03 Å². The van der Waals surface area contributed by atoms with Gasteiger partial charge in [0.05, 0.1) is 12.1 Å². The van der Waals surface area contributed by atoms with Crippen molar-refractivity contribution >= 4 is 28.4 Å². The number of hydrogen-bond acceptors (Lipinski definition) is 4. The number of rotatable bonds is 3. The predicted octanol–water partition coefficient (Wildman–Crippen LogP) is 2.40. The number of anilines is 1. The van der Waals surface area contributed by atoms with E-state index in [1.807, 2.05) is 5.38 Å². The van der Waals surface area contributed by atoms with Gasteiger partial charge in [-0.3, -0.25) is 9.69 Å². The molecule has 0 radical (unpaired) electrons. The Balaban J connectivity index is 1.42. The van der Waals surface area contributed by atoms with Crippen LogP contribution in [0.5, 0.6) is 0 Å². The lowest BCUT2D eigenvalue weighted by Crippen LogP contribution is -2.50. The number of fused-ring (bicyclic) bond motifs is 1. The van der Waals surface area contributed by atoms with Gasteiger partial charge in [0, 0.05) is 31.1 Å². The summed E-state index contributed by atoms with van der Waals surface area (Å²) in [4.78, 5) is 32.8. The summed E-state index contributed by atoms with van der Waals surface area (Å²) in [6, 6.07) is 0.353. The van der Waals surface area contributed by atoms with E-state index in [0.717, 1.165) is 25.1 Å². The van der Waals surface area contributed by atoms with E-state index in [9.17, 15) is 9.59 Å². The molecule has 1 aliphatic carbocycles. The summed E-state index contributed by atoms with van der Waals surface area (Å²) in [7, 11) is 0. The summed E-state index contributed by atoms with van der Waals surface area (Å²) < 4.78 is 0. The Morgan fingerprint density at radius 1 is 1.25 bits per heavy atom. The highest BCUT2D eigenvalue weighted by molar-refractivity contribution is 7.14. The van der Waals surface area contributed by atoms with Gasteiger partial charge in [0.1, 0.15) is 0 Å². The molecule has 6 nitrogen and oxygen atoms in total. The van der Waals surface area contributed by atoms with Crippen LogP contribution in [0.15, 0.2) is 5.38 Å². The Morgan fingerprint density at radius 2 is 2.08 bits per heavy atom. The Bertz CT molecular complexity index is 630. The normalized spacial score (nSPS) is 27.1. The molecule has 2 unspecified atom stereocenters. The minimum Gasteiger partial charge on any atom is -0.339 e. The van der Waals surface area contributed by atoms with Crippen molar-refractivity contribution in [1.29, 1.82) is 0 Å². The third-order valence-electron chi connectivity index (χ3n) is 5.52. The van der Waals surface area contributed by atoms with Crippen LogP contribution in [0.4, 0.5) is 9.93 Å². The molecule has 1 aromatic heterocycles. The molecule has 1 aromatic rings. The largest absolute Gasteiger partial charge is 0.339 e. The summed E-state index contributed by atoms with van der Waals surface area (Å²) in [5, 5.41) is 5.39. The molecule has 0 bridgehead atoms. The van der Waals surface area contributed by atoms with Crippen molar-refractivity contribution in [3.63, 3.8) is 0 Å². The Morgan fingerprint density at radius 3 is 2.92 bits per heavy atom. The highest BCUT2D eigenvalue weighted by Gasteiger charge is 2.35. The van der Waals surface area contributed by atoms with Crippen LogP contribution in [-0.2, 0) is 11.2 Å². The number of piperidine rings is 1. The van der Waals surface area contributed by atoms with Crippen molar-refractivity contribution in [2.45, 2.75) is 51.0 Å². The van der Waals surface area contributed by atoms with Gasteiger partial charge in [-0.1, -0.05) is 12.8 Å². The molecular formula is C17H24N4O2S. The standard InChI is InChI=1S/C17H24N4O2S/c22-15(20-8-3-5-12-4-1-2-6-14(12)20)10-13-11-24-17(19-13)21-9-7-18-16(21)23/h11-12,14H,1-10H2,(H,18,23). The summed E-state index contributed by atoms with van der Waals surface area (Å²) in [5.41, 5.74) is 0.789. The summed E-state index contributed by atoms with van der Waals surface area (Å²) in [5.74, 6) is 0.907. The number of thiazole rings is 1. The first-order valence-corrected chi connectivity index (χ1v) is 9.89. The van der Waals surface area contributed by atoms with Crippen molar-refractivity contribution in [3.05, 3.63) is 11.1 Å². The lowest BCUT2D eigenvalue weighted by atomic mass is 9.78. The molecule has 130 valence electrons. The Kier molecular flexibility index (Phi) is 4.43. The molecular weight excluding hydrogens is 324 g/mol. The van der Waals surface area contributed by atoms with Crippen molar-refractivity contribution in [1.82, 2.24) is 15.2 Å². The lowest BCUT2D eigenvalue weighted by molar-refractivity contribution is -0.136. The van der Waals surface area contributed by atoms with Crippen LogP contribution < -0.4 is 10.2 Å². The minimum atomic E-state index is -0.0942. The number of carbonyl (C=O) groups excluding carboxylic acids is 2. The molecule has 3 amide bonds. The summed E-state index contributed by atoms with van der Waals surface area (Å²) in [6.07, 6.45) is 7.76. The number of carbonyl (C=O) groups is 2. The molecule has 2 aliphatic heterocycles. The van der Waals surface area contributed by atoms with Gasteiger partial charge in [-0.25, -0.2) is 9.78 Å². The van der Waals surface area contributed by atoms with Crippen molar-refractivity contribution in [2.24, 2.45) is 5.92 Å².